The van der Waals surface area contributed by atoms with E-state index in [1.807, 2.05) is 0 Å². The average molecular weight is 248 g/mol. The zero-order chi connectivity index (χ0) is 13.1. The molecule has 0 bridgehead atoms. The van der Waals surface area contributed by atoms with Crippen molar-refractivity contribution in [3.05, 3.63) is 35.4 Å². The van der Waals surface area contributed by atoms with Crippen LogP contribution in [0.4, 0.5) is 13.2 Å². The van der Waals surface area contributed by atoms with Gasteiger partial charge in [0.15, 0.2) is 0 Å². The number of aliphatic hydroxyl groups excluding tert-OH is 1. The minimum Gasteiger partial charge on any atom is -0.390 e. The molecular formula is C12H15F3O2. The second-order valence-corrected chi connectivity index (χ2v) is 3.91. The number of methoxy groups -OCH3 is 1. The van der Waals surface area contributed by atoms with Crippen molar-refractivity contribution in [3.63, 3.8) is 0 Å². The molecule has 0 aliphatic heterocycles. The molecule has 0 heterocycles. The van der Waals surface area contributed by atoms with Gasteiger partial charge in [-0.1, -0.05) is 18.2 Å². The highest BCUT2D eigenvalue weighted by Gasteiger charge is 2.30. The molecule has 0 aliphatic carbocycles. The van der Waals surface area contributed by atoms with Crippen LogP contribution in [-0.4, -0.2) is 24.4 Å². The Bertz CT molecular complexity index is 363. The van der Waals surface area contributed by atoms with E-state index in [0.717, 1.165) is 12.1 Å². The standard InChI is InChI=1S/C12H15F3O2/c1-8(17-2)11(16)7-9-4-3-5-10(6-9)12(13,14)15/h3-6,8,11,16H,7H2,1-2H3. The van der Waals surface area contributed by atoms with E-state index in [2.05, 4.69) is 0 Å². The Labute approximate surface area is 98.0 Å². The first kappa shape index (κ1) is 14.0. The molecule has 0 saturated carbocycles. The van der Waals surface area contributed by atoms with Gasteiger partial charge >= 0.3 is 6.18 Å². The second-order valence-electron chi connectivity index (χ2n) is 3.91. The number of hydrogen-bond acceptors (Lipinski definition) is 2. The summed E-state index contributed by atoms with van der Waals surface area (Å²) in [6.07, 6.45) is -5.44. The van der Waals surface area contributed by atoms with Crippen LogP contribution >= 0.6 is 0 Å². The number of benzene rings is 1. The first-order valence-electron chi connectivity index (χ1n) is 5.21. The summed E-state index contributed by atoms with van der Waals surface area (Å²) >= 11 is 0. The van der Waals surface area contributed by atoms with Crippen molar-refractivity contribution in [2.45, 2.75) is 31.7 Å². The van der Waals surface area contributed by atoms with Crippen LogP contribution in [0.2, 0.25) is 0 Å². The van der Waals surface area contributed by atoms with Gasteiger partial charge in [-0.25, -0.2) is 0 Å². The van der Waals surface area contributed by atoms with Gasteiger partial charge in [-0.3, -0.25) is 0 Å². The Hall–Kier alpha value is -1.07. The first-order valence-corrected chi connectivity index (χ1v) is 5.21. The maximum atomic E-state index is 12.4. The summed E-state index contributed by atoms with van der Waals surface area (Å²) in [5.41, 5.74) is -0.261. The quantitative estimate of drug-likeness (QED) is 0.887. The fourth-order valence-electron chi connectivity index (χ4n) is 1.44. The van der Waals surface area contributed by atoms with Crippen LogP contribution < -0.4 is 0 Å². The second kappa shape index (κ2) is 5.51. The van der Waals surface area contributed by atoms with Crippen molar-refractivity contribution in [2.75, 3.05) is 7.11 Å². The van der Waals surface area contributed by atoms with Gasteiger partial charge in [0.05, 0.1) is 17.8 Å². The minimum absolute atomic E-state index is 0.138. The molecule has 2 atom stereocenters. The molecule has 1 N–H and O–H groups in total. The number of ether oxygens (including phenoxy) is 1. The van der Waals surface area contributed by atoms with Crippen molar-refractivity contribution in [2.24, 2.45) is 0 Å². The Balaban J connectivity index is 2.79. The monoisotopic (exact) mass is 248 g/mol. The molecule has 0 amide bonds. The molecule has 5 heteroatoms. The number of halogens is 3. The van der Waals surface area contributed by atoms with E-state index < -0.39 is 23.9 Å². The summed E-state index contributed by atoms with van der Waals surface area (Å²) in [4.78, 5) is 0. The van der Waals surface area contributed by atoms with Crippen LogP contribution in [0.1, 0.15) is 18.1 Å². The summed E-state index contributed by atoms with van der Waals surface area (Å²) in [6.45, 7) is 1.66. The van der Waals surface area contributed by atoms with Crippen LogP contribution in [-0.2, 0) is 17.3 Å². The van der Waals surface area contributed by atoms with Crippen LogP contribution in [0, 0.1) is 0 Å². The number of rotatable bonds is 4. The molecule has 17 heavy (non-hydrogen) atoms. The van der Waals surface area contributed by atoms with Gasteiger partial charge in [-0.05, 0) is 18.6 Å². The van der Waals surface area contributed by atoms with E-state index in [1.165, 1.54) is 13.2 Å². The highest BCUT2D eigenvalue weighted by Crippen LogP contribution is 2.29. The SMILES string of the molecule is COC(C)C(O)Cc1cccc(C(F)(F)F)c1. The molecule has 0 spiro atoms. The van der Waals surface area contributed by atoms with Crippen LogP contribution in [0.25, 0.3) is 0 Å². The summed E-state index contributed by atoms with van der Waals surface area (Å²) < 4.78 is 42.2. The molecule has 1 aromatic carbocycles. The molecule has 0 radical (unpaired) electrons. The Morgan fingerprint density at radius 3 is 2.53 bits per heavy atom. The summed E-state index contributed by atoms with van der Waals surface area (Å²) in [5, 5.41) is 9.66. The maximum absolute atomic E-state index is 12.4. The summed E-state index contributed by atoms with van der Waals surface area (Å²) in [5.74, 6) is 0. The van der Waals surface area contributed by atoms with Gasteiger partial charge in [0.1, 0.15) is 0 Å². The number of alkyl halides is 3. The van der Waals surface area contributed by atoms with Crippen molar-refractivity contribution >= 4 is 0 Å². The Morgan fingerprint density at radius 1 is 1.35 bits per heavy atom. The molecular weight excluding hydrogens is 233 g/mol. The molecule has 0 saturated heterocycles. The Morgan fingerprint density at radius 2 is 2.00 bits per heavy atom. The molecule has 2 nitrogen and oxygen atoms in total. The van der Waals surface area contributed by atoms with Gasteiger partial charge in [-0.2, -0.15) is 13.2 Å². The zero-order valence-electron chi connectivity index (χ0n) is 9.66. The third kappa shape index (κ3) is 4.02. The maximum Gasteiger partial charge on any atom is 0.416 e. The highest BCUT2D eigenvalue weighted by molar-refractivity contribution is 5.26. The van der Waals surface area contributed by atoms with Crippen molar-refractivity contribution in [3.8, 4) is 0 Å². The predicted octanol–water partition coefficient (Wildman–Crippen LogP) is 2.64. The van der Waals surface area contributed by atoms with E-state index in [9.17, 15) is 18.3 Å². The van der Waals surface area contributed by atoms with Crippen molar-refractivity contribution < 1.29 is 23.0 Å². The van der Waals surface area contributed by atoms with Crippen LogP contribution in [0.15, 0.2) is 24.3 Å². The topological polar surface area (TPSA) is 29.5 Å². The lowest BCUT2D eigenvalue weighted by molar-refractivity contribution is -0.137. The van der Waals surface area contributed by atoms with Crippen molar-refractivity contribution in [1.82, 2.24) is 0 Å². The summed E-state index contributed by atoms with van der Waals surface area (Å²) in [6, 6.07) is 4.95. The van der Waals surface area contributed by atoms with Crippen LogP contribution in [0.5, 0.6) is 0 Å². The van der Waals surface area contributed by atoms with Crippen molar-refractivity contribution in [1.29, 1.82) is 0 Å². The van der Waals surface area contributed by atoms with Gasteiger partial charge in [0.25, 0.3) is 0 Å². The predicted molar refractivity (Wildman–Crippen MR) is 57.6 cm³/mol. The molecule has 0 aromatic heterocycles. The average Bonchev–Trinajstić information content (AvgIpc) is 2.27. The molecule has 2 unspecified atom stereocenters. The number of hydrogen-bond donors (Lipinski definition) is 1. The molecule has 0 aliphatic rings. The normalized spacial score (nSPS) is 15.6. The lowest BCUT2D eigenvalue weighted by Crippen LogP contribution is -2.27. The lowest BCUT2D eigenvalue weighted by atomic mass is 10.0. The van der Waals surface area contributed by atoms with Gasteiger partial charge in [0, 0.05) is 13.5 Å². The smallest absolute Gasteiger partial charge is 0.390 e. The molecule has 1 aromatic rings. The fraction of sp³-hybridized carbons (Fsp3) is 0.500. The van der Waals surface area contributed by atoms with E-state index in [-0.39, 0.29) is 6.42 Å². The zero-order valence-corrected chi connectivity index (χ0v) is 9.66. The molecule has 0 fully saturated rings. The lowest BCUT2D eigenvalue weighted by Gasteiger charge is -2.17. The number of aliphatic hydroxyl groups is 1. The first-order chi connectivity index (χ1) is 7.84. The molecule has 96 valence electrons. The highest BCUT2D eigenvalue weighted by atomic mass is 19.4. The van der Waals surface area contributed by atoms with E-state index in [4.69, 9.17) is 4.74 Å². The van der Waals surface area contributed by atoms with E-state index in [0.29, 0.717) is 5.56 Å². The van der Waals surface area contributed by atoms with Gasteiger partial charge in [0.2, 0.25) is 0 Å². The Kier molecular flexibility index (Phi) is 4.54. The summed E-state index contributed by atoms with van der Waals surface area (Å²) in [7, 11) is 1.44. The molecule has 1 rings (SSSR count). The van der Waals surface area contributed by atoms with Gasteiger partial charge < -0.3 is 9.84 Å². The van der Waals surface area contributed by atoms with E-state index in [1.54, 1.807) is 13.0 Å². The van der Waals surface area contributed by atoms with Gasteiger partial charge in [-0.15, -0.1) is 0 Å². The third-order valence-corrected chi connectivity index (χ3v) is 2.61. The fourth-order valence-corrected chi connectivity index (χ4v) is 1.44. The minimum atomic E-state index is -4.35. The largest absolute Gasteiger partial charge is 0.416 e. The third-order valence-electron chi connectivity index (χ3n) is 2.61. The van der Waals surface area contributed by atoms with E-state index >= 15 is 0 Å². The van der Waals surface area contributed by atoms with Crippen LogP contribution in [0.3, 0.4) is 0 Å².